The summed E-state index contributed by atoms with van der Waals surface area (Å²) in [5.74, 6) is 1.39. The lowest BCUT2D eigenvalue weighted by molar-refractivity contribution is 0.0935. The molecule has 1 N–H and O–H groups in total. The molecule has 0 bridgehead atoms. The molecule has 7 heteroatoms. The summed E-state index contributed by atoms with van der Waals surface area (Å²) in [6.45, 7) is 2.37. The summed E-state index contributed by atoms with van der Waals surface area (Å²) in [5, 5.41) is 3.02. The monoisotopic (exact) mass is 368 g/mol. The molecule has 0 saturated carbocycles. The van der Waals surface area contributed by atoms with E-state index in [1.165, 1.54) is 12.1 Å². The second-order valence-corrected chi connectivity index (χ2v) is 7.19. The van der Waals surface area contributed by atoms with Crippen molar-refractivity contribution in [1.82, 2.24) is 10.2 Å². The molecule has 1 aromatic heterocycles. The highest BCUT2D eigenvalue weighted by molar-refractivity contribution is 7.99. The lowest BCUT2D eigenvalue weighted by Gasteiger charge is -2.34. The average molecular weight is 369 g/mol. The zero-order valence-electron chi connectivity index (χ0n) is 13.0. The highest BCUT2D eigenvalue weighted by Gasteiger charge is 2.24. The Balaban J connectivity index is 1.70. The van der Waals surface area contributed by atoms with Crippen LogP contribution in [0.4, 0.5) is 4.39 Å². The van der Waals surface area contributed by atoms with Crippen molar-refractivity contribution in [3.05, 3.63) is 58.8 Å². The fraction of sp³-hybridized carbons (Fsp3) is 0.353. The number of amides is 1. The van der Waals surface area contributed by atoms with E-state index in [1.54, 1.807) is 12.5 Å². The van der Waals surface area contributed by atoms with Crippen LogP contribution in [0.3, 0.4) is 0 Å². The van der Waals surface area contributed by atoms with Crippen LogP contribution >= 0.6 is 23.4 Å². The standard InChI is InChI=1S/C17H18ClFN2O2S/c18-15-9-13(19)1-2-14(15)17(22)20-10-16(12-3-6-23-11-12)21-4-7-24-8-5-21/h1-3,6,9,11,16H,4-5,7-8,10H2,(H,20,22)/t16-/m1/s1. The zero-order chi connectivity index (χ0) is 16.9. The molecule has 2 aromatic rings. The third kappa shape index (κ3) is 4.12. The molecule has 0 radical (unpaired) electrons. The van der Waals surface area contributed by atoms with E-state index in [-0.39, 0.29) is 22.5 Å². The lowest BCUT2D eigenvalue weighted by Crippen LogP contribution is -2.42. The predicted octanol–water partition coefficient (Wildman–Crippen LogP) is 3.59. The Hall–Kier alpha value is -1.50. The van der Waals surface area contributed by atoms with Gasteiger partial charge in [0.25, 0.3) is 5.91 Å². The van der Waals surface area contributed by atoms with E-state index in [9.17, 15) is 9.18 Å². The predicted molar refractivity (Wildman–Crippen MR) is 94.1 cm³/mol. The van der Waals surface area contributed by atoms with Crippen molar-refractivity contribution in [3.8, 4) is 0 Å². The smallest absolute Gasteiger partial charge is 0.252 e. The van der Waals surface area contributed by atoms with Gasteiger partial charge in [0.15, 0.2) is 0 Å². The lowest BCUT2D eigenvalue weighted by atomic mass is 10.1. The van der Waals surface area contributed by atoms with Gasteiger partial charge in [-0.05, 0) is 24.3 Å². The van der Waals surface area contributed by atoms with Crippen molar-refractivity contribution >= 4 is 29.3 Å². The molecule has 1 amide bonds. The number of hydrogen-bond acceptors (Lipinski definition) is 4. The van der Waals surface area contributed by atoms with Gasteiger partial charge in [-0.3, -0.25) is 9.69 Å². The largest absolute Gasteiger partial charge is 0.472 e. The van der Waals surface area contributed by atoms with Gasteiger partial charge < -0.3 is 9.73 Å². The number of carbonyl (C=O) groups is 1. The summed E-state index contributed by atoms with van der Waals surface area (Å²) in [5.41, 5.74) is 1.31. The maximum Gasteiger partial charge on any atom is 0.252 e. The molecule has 1 aliphatic heterocycles. The van der Waals surface area contributed by atoms with Gasteiger partial charge in [0, 0.05) is 36.7 Å². The Bertz CT molecular complexity index is 690. The van der Waals surface area contributed by atoms with Crippen LogP contribution in [0.2, 0.25) is 5.02 Å². The Morgan fingerprint density at radius 1 is 1.38 bits per heavy atom. The molecule has 24 heavy (non-hydrogen) atoms. The second kappa shape index (κ2) is 8.05. The number of halogens is 2. The molecular formula is C17H18ClFN2O2S. The molecule has 1 atom stereocenters. The van der Waals surface area contributed by atoms with Crippen molar-refractivity contribution in [2.75, 3.05) is 31.1 Å². The van der Waals surface area contributed by atoms with E-state index in [4.69, 9.17) is 16.0 Å². The summed E-state index contributed by atoms with van der Waals surface area (Å²) in [4.78, 5) is 14.7. The molecule has 1 aromatic carbocycles. The van der Waals surface area contributed by atoms with E-state index >= 15 is 0 Å². The summed E-state index contributed by atoms with van der Waals surface area (Å²) < 4.78 is 18.3. The topological polar surface area (TPSA) is 45.5 Å². The Labute approximate surface area is 149 Å². The third-order valence-corrected chi connectivity index (χ3v) is 5.30. The quantitative estimate of drug-likeness (QED) is 0.876. The summed E-state index contributed by atoms with van der Waals surface area (Å²) >= 11 is 7.89. The molecular weight excluding hydrogens is 351 g/mol. The maximum atomic E-state index is 13.1. The highest BCUT2D eigenvalue weighted by Crippen LogP contribution is 2.24. The fourth-order valence-electron chi connectivity index (χ4n) is 2.77. The van der Waals surface area contributed by atoms with Crippen molar-refractivity contribution in [1.29, 1.82) is 0 Å². The minimum Gasteiger partial charge on any atom is -0.472 e. The Kier molecular flexibility index (Phi) is 5.81. The molecule has 3 rings (SSSR count). The van der Waals surface area contributed by atoms with E-state index < -0.39 is 5.82 Å². The number of thioether (sulfide) groups is 1. The number of benzene rings is 1. The van der Waals surface area contributed by atoms with E-state index in [2.05, 4.69) is 10.2 Å². The SMILES string of the molecule is O=C(NC[C@H](c1ccoc1)N1CCSCC1)c1ccc(F)cc1Cl. The van der Waals surface area contributed by atoms with Gasteiger partial charge in [-0.25, -0.2) is 4.39 Å². The highest BCUT2D eigenvalue weighted by atomic mass is 35.5. The van der Waals surface area contributed by atoms with Crippen LogP contribution in [0.1, 0.15) is 22.0 Å². The first kappa shape index (κ1) is 17.3. The van der Waals surface area contributed by atoms with Gasteiger partial charge in [-0.15, -0.1) is 0 Å². The molecule has 0 spiro atoms. The number of nitrogens with zero attached hydrogens (tertiary/aromatic N) is 1. The molecule has 1 aliphatic rings. The number of hydrogen-bond donors (Lipinski definition) is 1. The fourth-order valence-corrected chi connectivity index (χ4v) is 3.95. The first-order valence-corrected chi connectivity index (χ1v) is 9.25. The molecule has 1 fully saturated rings. The molecule has 1 saturated heterocycles. The van der Waals surface area contributed by atoms with Gasteiger partial charge in [0.05, 0.1) is 29.2 Å². The van der Waals surface area contributed by atoms with Crippen LogP contribution in [0, 0.1) is 5.82 Å². The number of nitrogens with one attached hydrogen (secondary N) is 1. The van der Waals surface area contributed by atoms with E-state index in [1.807, 2.05) is 17.8 Å². The summed E-state index contributed by atoms with van der Waals surface area (Å²) in [7, 11) is 0. The Morgan fingerprint density at radius 2 is 2.17 bits per heavy atom. The number of rotatable bonds is 5. The first-order chi connectivity index (χ1) is 11.6. The molecule has 4 nitrogen and oxygen atoms in total. The van der Waals surface area contributed by atoms with Crippen LogP contribution in [-0.4, -0.2) is 41.9 Å². The van der Waals surface area contributed by atoms with Crippen LogP contribution < -0.4 is 5.32 Å². The third-order valence-electron chi connectivity index (χ3n) is 4.05. The van der Waals surface area contributed by atoms with Gasteiger partial charge >= 0.3 is 0 Å². The van der Waals surface area contributed by atoms with Crippen LogP contribution in [0.25, 0.3) is 0 Å². The maximum absolute atomic E-state index is 13.1. The molecule has 128 valence electrons. The van der Waals surface area contributed by atoms with Crippen LogP contribution in [0.5, 0.6) is 0 Å². The number of carbonyl (C=O) groups excluding carboxylic acids is 1. The van der Waals surface area contributed by atoms with Gasteiger partial charge in [0.1, 0.15) is 5.82 Å². The first-order valence-electron chi connectivity index (χ1n) is 7.72. The van der Waals surface area contributed by atoms with Gasteiger partial charge in [0.2, 0.25) is 0 Å². The molecule has 0 unspecified atom stereocenters. The Morgan fingerprint density at radius 3 is 2.83 bits per heavy atom. The zero-order valence-corrected chi connectivity index (χ0v) is 14.6. The van der Waals surface area contributed by atoms with Crippen LogP contribution in [0.15, 0.2) is 41.2 Å². The van der Waals surface area contributed by atoms with Crippen LogP contribution in [-0.2, 0) is 0 Å². The van der Waals surface area contributed by atoms with Crippen molar-refractivity contribution in [2.45, 2.75) is 6.04 Å². The molecule has 2 heterocycles. The average Bonchev–Trinajstić information content (AvgIpc) is 3.10. The van der Waals surface area contributed by atoms with Gasteiger partial charge in [-0.2, -0.15) is 11.8 Å². The molecule has 0 aliphatic carbocycles. The van der Waals surface area contributed by atoms with Crippen molar-refractivity contribution < 1.29 is 13.6 Å². The van der Waals surface area contributed by atoms with E-state index in [0.29, 0.717) is 6.54 Å². The van der Waals surface area contributed by atoms with E-state index in [0.717, 1.165) is 36.2 Å². The number of furan rings is 1. The summed E-state index contributed by atoms with van der Waals surface area (Å²) in [6, 6.07) is 5.75. The normalized spacial score (nSPS) is 16.8. The second-order valence-electron chi connectivity index (χ2n) is 5.56. The summed E-state index contributed by atoms with van der Waals surface area (Å²) in [6.07, 6.45) is 3.35. The minimum absolute atomic E-state index is 0.0489. The van der Waals surface area contributed by atoms with Gasteiger partial charge in [-0.1, -0.05) is 11.6 Å². The van der Waals surface area contributed by atoms with Crippen molar-refractivity contribution in [3.63, 3.8) is 0 Å². The van der Waals surface area contributed by atoms with Crippen molar-refractivity contribution in [2.24, 2.45) is 0 Å². The minimum atomic E-state index is -0.460.